The molecule has 0 radical (unpaired) electrons. The summed E-state index contributed by atoms with van der Waals surface area (Å²) in [6.45, 7) is 2.00. The summed E-state index contributed by atoms with van der Waals surface area (Å²) < 4.78 is 1.72. The topological polar surface area (TPSA) is 71.3 Å². The van der Waals surface area contributed by atoms with Crippen molar-refractivity contribution >= 4 is 23.3 Å². The number of nitrogens with zero attached hydrogens (tertiary/aromatic N) is 1. The number of aromatic nitrogens is 1. The molecule has 2 atom stereocenters. The molecule has 31 heavy (non-hydrogen) atoms. The van der Waals surface area contributed by atoms with Crippen LogP contribution in [0.3, 0.4) is 0 Å². The number of aryl methyl sites for hydroxylation is 1. The van der Waals surface area contributed by atoms with Crippen molar-refractivity contribution < 1.29 is 14.7 Å². The van der Waals surface area contributed by atoms with Crippen LogP contribution in [-0.4, -0.2) is 33.0 Å². The first-order chi connectivity index (χ1) is 14.8. The highest BCUT2D eigenvalue weighted by Gasteiger charge is 2.55. The number of hydrogen-bond donors (Lipinski definition) is 2. The Morgan fingerprint density at radius 2 is 1.90 bits per heavy atom. The molecular formula is C25H29ClN2O3. The Morgan fingerprint density at radius 3 is 2.52 bits per heavy atom. The van der Waals surface area contributed by atoms with E-state index >= 15 is 0 Å². The molecule has 4 bridgehead atoms. The van der Waals surface area contributed by atoms with Gasteiger partial charge < -0.3 is 15.0 Å². The fourth-order valence-corrected chi connectivity index (χ4v) is 6.86. The number of amides is 1. The predicted octanol–water partition coefficient (Wildman–Crippen LogP) is 4.14. The molecule has 0 aliphatic heterocycles. The first kappa shape index (κ1) is 20.8. The lowest BCUT2D eigenvalue weighted by Gasteiger charge is -2.58. The Kier molecular flexibility index (Phi) is 5.02. The lowest BCUT2D eigenvalue weighted by molar-refractivity contribution is -0.137. The van der Waals surface area contributed by atoms with E-state index in [9.17, 15) is 14.7 Å². The van der Waals surface area contributed by atoms with Gasteiger partial charge in [-0.05, 0) is 80.0 Å². The van der Waals surface area contributed by atoms with Crippen LogP contribution in [0.2, 0.25) is 5.02 Å². The summed E-state index contributed by atoms with van der Waals surface area (Å²) in [6.07, 6.45) is 5.35. The molecule has 1 aromatic heterocycles. The Balaban J connectivity index is 1.41. The second-order valence-corrected chi connectivity index (χ2v) is 10.3. The van der Waals surface area contributed by atoms with Crippen molar-refractivity contribution in [1.82, 2.24) is 9.88 Å². The number of benzene rings is 1. The number of halogens is 1. The lowest BCUT2D eigenvalue weighted by Crippen LogP contribution is -2.61. The predicted molar refractivity (Wildman–Crippen MR) is 119 cm³/mol. The molecule has 0 saturated heterocycles. The fraction of sp³-hybridized carbons (Fsp3) is 0.520. The van der Waals surface area contributed by atoms with Crippen molar-refractivity contribution in [1.29, 1.82) is 0 Å². The minimum atomic E-state index is -0.520. The van der Waals surface area contributed by atoms with E-state index in [1.165, 1.54) is 0 Å². The maximum absolute atomic E-state index is 13.4. The molecule has 2 aromatic rings. The number of carbonyl (C=O) groups is 2. The molecule has 4 aliphatic carbocycles. The van der Waals surface area contributed by atoms with E-state index in [2.05, 4.69) is 5.32 Å². The second kappa shape index (κ2) is 7.49. The molecule has 6 rings (SSSR count). The molecule has 4 fully saturated rings. The molecule has 6 heteroatoms. The first-order valence-corrected chi connectivity index (χ1v) is 11.7. The average Bonchev–Trinajstić information content (AvgIpc) is 3.05. The second-order valence-electron chi connectivity index (χ2n) is 9.85. The zero-order chi connectivity index (χ0) is 21.9. The number of rotatable bonds is 5. The van der Waals surface area contributed by atoms with Crippen LogP contribution in [0, 0.1) is 17.8 Å². The van der Waals surface area contributed by atoms with Crippen molar-refractivity contribution in [2.75, 3.05) is 0 Å². The van der Waals surface area contributed by atoms with Gasteiger partial charge in [0, 0.05) is 23.7 Å². The summed E-state index contributed by atoms with van der Waals surface area (Å²) in [7, 11) is 1.78. The zero-order valence-electron chi connectivity index (χ0n) is 18.0. The van der Waals surface area contributed by atoms with Gasteiger partial charge in [0.1, 0.15) is 5.69 Å². The third-order valence-electron chi connectivity index (χ3n) is 7.77. The first-order valence-electron chi connectivity index (χ1n) is 11.3. The van der Waals surface area contributed by atoms with Crippen molar-refractivity contribution in [2.24, 2.45) is 24.8 Å². The van der Waals surface area contributed by atoms with Gasteiger partial charge in [-0.25, -0.2) is 0 Å². The number of hydrogen-bond acceptors (Lipinski definition) is 3. The highest BCUT2D eigenvalue weighted by atomic mass is 35.5. The molecule has 1 amide bonds. The summed E-state index contributed by atoms with van der Waals surface area (Å²) >= 11 is 6.07. The maximum atomic E-state index is 13.4. The molecule has 2 N–H and O–H groups in total. The van der Waals surface area contributed by atoms with E-state index in [1.807, 2.05) is 13.0 Å². The summed E-state index contributed by atoms with van der Waals surface area (Å²) in [5.74, 6) is 1.03. The maximum Gasteiger partial charge on any atom is 0.268 e. The molecule has 1 aromatic carbocycles. The quantitative estimate of drug-likeness (QED) is 0.686. The van der Waals surface area contributed by atoms with Gasteiger partial charge in [-0.2, -0.15) is 0 Å². The van der Waals surface area contributed by atoms with Gasteiger partial charge in [0.05, 0.1) is 11.3 Å². The van der Waals surface area contributed by atoms with Gasteiger partial charge >= 0.3 is 0 Å². The number of aliphatic hydroxyl groups is 1. The van der Waals surface area contributed by atoms with E-state index in [0.29, 0.717) is 46.1 Å². The lowest BCUT2D eigenvalue weighted by atomic mass is 9.52. The largest absolute Gasteiger partial charge is 0.390 e. The molecule has 5 nitrogen and oxygen atoms in total. The van der Waals surface area contributed by atoms with Gasteiger partial charge in [0.25, 0.3) is 5.91 Å². The van der Waals surface area contributed by atoms with Gasteiger partial charge in [-0.1, -0.05) is 30.7 Å². The van der Waals surface area contributed by atoms with Crippen molar-refractivity contribution in [2.45, 2.75) is 57.1 Å². The standard InChI is InChI=1S/C25H29ClN2O3/c1-3-15-10-20(23(29)16-5-4-6-19(26)9-16)28(2)22(15)24(30)27-21-17-7-14-8-18(21)13-25(31,11-14)12-17/h4-6,9-10,14,17-18,21,31H,3,7-8,11-13H2,1-2H3,(H,27,30). The smallest absolute Gasteiger partial charge is 0.268 e. The molecule has 4 aliphatic rings. The number of nitrogens with one attached hydrogen (secondary N) is 1. The van der Waals surface area contributed by atoms with Crippen LogP contribution < -0.4 is 5.32 Å². The highest BCUT2D eigenvalue weighted by molar-refractivity contribution is 6.31. The molecule has 0 spiro atoms. The Labute approximate surface area is 187 Å². The van der Waals surface area contributed by atoms with Crippen LogP contribution in [0.5, 0.6) is 0 Å². The molecule has 164 valence electrons. The van der Waals surface area contributed by atoms with Crippen LogP contribution in [0.15, 0.2) is 30.3 Å². The molecular weight excluding hydrogens is 412 g/mol. The summed E-state index contributed by atoms with van der Waals surface area (Å²) in [6, 6.07) is 8.83. The Hall–Kier alpha value is -2.11. The monoisotopic (exact) mass is 440 g/mol. The van der Waals surface area contributed by atoms with Crippen LogP contribution in [0.1, 0.15) is 71.1 Å². The van der Waals surface area contributed by atoms with Gasteiger partial charge in [0.15, 0.2) is 0 Å². The Morgan fingerprint density at radius 1 is 1.19 bits per heavy atom. The average molecular weight is 441 g/mol. The van der Waals surface area contributed by atoms with Crippen molar-refractivity contribution in [3.8, 4) is 0 Å². The highest BCUT2D eigenvalue weighted by Crippen LogP contribution is 2.55. The van der Waals surface area contributed by atoms with Gasteiger partial charge in [-0.3, -0.25) is 9.59 Å². The SMILES string of the molecule is CCc1cc(C(=O)c2cccc(Cl)c2)n(C)c1C(=O)NC1C2CC3CC1CC(O)(C3)C2. The summed E-state index contributed by atoms with van der Waals surface area (Å²) in [5.41, 5.74) is 1.90. The normalized spacial score (nSPS) is 31.1. The molecule has 2 unspecified atom stereocenters. The number of carbonyl (C=O) groups excluding carboxylic acids is 2. The van der Waals surface area contributed by atoms with Gasteiger partial charge in [-0.15, -0.1) is 0 Å². The van der Waals surface area contributed by atoms with Crippen LogP contribution >= 0.6 is 11.6 Å². The van der Waals surface area contributed by atoms with Gasteiger partial charge in [0.2, 0.25) is 5.78 Å². The van der Waals surface area contributed by atoms with E-state index in [0.717, 1.165) is 37.7 Å². The number of ketones is 1. The minimum Gasteiger partial charge on any atom is -0.390 e. The van der Waals surface area contributed by atoms with E-state index in [4.69, 9.17) is 11.6 Å². The zero-order valence-corrected chi connectivity index (χ0v) is 18.8. The summed E-state index contributed by atoms with van der Waals surface area (Å²) in [5, 5.41) is 14.6. The molecule has 1 heterocycles. The van der Waals surface area contributed by atoms with Crippen LogP contribution in [0.25, 0.3) is 0 Å². The minimum absolute atomic E-state index is 0.107. The van der Waals surface area contributed by atoms with E-state index < -0.39 is 5.60 Å². The summed E-state index contributed by atoms with van der Waals surface area (Å²) in [4.78, 5) is 26.5. The van der Waals surface area contributed by atoms with Crippen LogP contribution in [0.4, 0.5) is 0 Å². The molecule has 4 saturated carbocycles. The van der Waals surface area contributed by atoms with E-state index in [-0.39, 0.29) is 17.7 Å². The Bertz CT molecular complexity index is 1040. The fourth-order valence-electron chi connectivity index (χ4n) is 6.67. The third-order valence-corrected chi connectivity index (χ3v) is 8.00. The van der Waals surface area contributed by atoms with Crippen LogP contribution in [-0.2, 0) is 13.5 Å². The van der Waals surface area contributed by atoms with Crippen molar-refractivity contribution in [3.05, 3.63) is 57.9 Å². The van der Waals surface area contributed by atoms with E-state index in [1.54, 1.807) is 35.9 Å². The van der Waals surface area contributed by atoms with Crippen molar-refractivity contribution in [3.63, 3.8) is 0 Å². The third kappa shape index (κ3) is 3.52.